The second-order valence-corrected chi connectivity index (χ2v) is 19.8. The van der Waals surface area contributed by atoms with Crippen LogP contribution in [-0.2, 0) is 10.8 Å². The smallest absolute Gasteiger partial charge is 0.0554 e. The molecule has 276 valence electrons. The number of thiophene rings is 1. The molecule has 0 aliphatic heterocycles. The van der Waals surface area contributed by atoms with Crippen molar-refractivity contribution in [3.05, 3.63) is 150 Å². The maximum absolute atomic E-state index is 2.65. The average molecular weight is 744 g/mol. The van der Waals surface area contributed by atoms with Crippen molar-refractivity contribution in [3.63, 3.8) is 0 Å². The Morgan fingerprint density at radius 3 is 2.18 bits per heavy atom. The summed E-state index contributed by atoms with van der Waals surface area (Å²) in [4.78, 5) is 2.65. The fourth-order valence-electron chi connectivity index (χ4n) is 14.4. The zero-order chi connectivity index (χ0) is 36.8. The molecule has 14 rings (SSSR count). The Labute approximate surface area is 335 Å². The molecule has 2 heteroatoms. The Bertz CT molecular complexity index is 2750. The zero-order valence-corrected chi connectivity index (χ0v) is 33.3. The summed E-state index contributed by atoms with van der Waals surface area (Å²) in [6, 6.07) is 50.4. The van der Waals surface area contributed by atoms with E-state index in [-0.39, 0.29) is 10.8 Å². The molecule has 1 nitrogen and oxygen atoms in total. The molecule has 5 unspecified atom stereocenters. The number of rotatable bonds is 3. The van der Waals surface area contributed by atoms with E-state index < -0.39 is 0 Å². The quantitative estimate of drug-likeness (QED) is 0.174. The van der Waals surface area contributed by atoms with E-state index in [0.29, 0.717) is 0 Å². The Morgan fingerprint density at radius 1 is 0.571 bits per heavy atom. The second-order valence-electron chi connectivity index (χ2n) is 18.7. The summed E-state index contributed by atoms with van der Waals surface area (Å²) in [6.45, 7) is 2.63. The van der Waals surface area contributed by atoms with Crippen LogP contribution in [0.1, 0.15) is 93.4 Å². The highest BCUT2D eigenvalue weighted by Crippen LogP contribution is 2.69. The van der Waals surface area contributed by atoms with Crippen LogP contribution in [0.5, 0.6) is 0 Å². The zero-order valence-electron chi connectivity index (χ0n) is 32.4. The van der Waals surface area contributed by atoms with E-state index in [1.165, 1.54) is 124 Å². The molecule has 1 heterocycles. The molecule has 7 aromatic rings. The van der Waals surface area contributed by atoms with Crippen LogP contribution < -0.4 is 4.90 Å². The van der Waals surface area contributed by atoms with Gasteiger partial charge in [0.05, 0.1) is 5.69 Å². The van der Waals surface area contributed by atoms with Gasteiger partial charge in [0, 0.05) is 42.4 Å². The Kier molecular flexibility index (Phi) is 6.78. The lowest BCUT2D eigenvalue weighted by molar-refractivity contribution is 0.0174. The highest BCUT2D eigenvalue weighted by atomic mass is 32.1. The minimum Gasteiger partial charge on any atom is -0.310 e. The van der Waals surface area contributed by atoms with Gasteiger partial charge in [-0.1, -0.05) is 111 Å². The molecule has 4 bridgehead atoms. The van der Waals surface area contributed by atoms with Crippen molar-refractivity contribution >= 4 is 48.6 Å². The molecular formula is C54H49NS. The molecule has 7 aliphatic carbocycles. The minimum atomic E-state index is 0.102. The van der Waals surface area contributed by atoms with E-state index in [1.807, 2.05) is 11.3 Å². The van der Waals surface area contributed by atoms with Crippen LogP contribution in [0, 0.1) is 29.6 Å². The average Bonchev–Trinajstić information content (AvgIpc) is 3.79. The number of hydrogen-bond donors (Lipinski definition) is 0. The molecule has 56 heavy (non-hydrogen) atoms. The van der Waals surface area contributed by atoms with Crippen molar-refractivity contribution in [2.75, 3.05) is 4.90 Å². The van der Waals surface area contributed by atoms with Gasteiger partial charge in [0.1, 0.15) is 0 Å². The standard InChI is InChI=1S/C54H49NS/c1-33-35-20-21-36-29-34(28-35)30-47(33)54(36)45-16-7-4-13-40(45)43-31-37(23-25-46(43)54)55(49-17-11-19-51-52(49)42-14-5-8-18-50(42)56-51)38-22-24-41-39-12-3-6-15-44(39)53(48(41)32-38)26-9-2-10-27-53/h3-8,11-19,22-25,31-36,47H,2,9-10,20-21,26-30H2,1H3/t33-,34?,35?,36?,47?,54?/m0/s1. The van der Waals surface area contributed by atoms with Crippen LogP contribution in [0.2, 0.25) is 0 Å². The molecule has 0 radical (unpaired) electrons. The summed E-state index contributed by atoms with van der Waals surface area (Å²) < 4.78 is 2.72. The molecule has 0 saturated heterocycles. The van der Waals surface area contributed by atoms with Crippen molar-refractivity contribution in [2.24, 2.45) is 29.6 Å². The Balaban J connectivity index is 1.06. The Hall–Kier alpha value is -4.66. The van der Waals surface area contributed by atoms with Gasteiger partial charge in [0.25, 0.3) is 0 Å². The first-order valence-electron chi connectivity index (χ1n) is 21.8. The van der Waals surface area contributed by atoms with Crippen molar-refractivity contribution in [1.82, 2.24) is 0 Å². The lowest BCUT2D eigenvalue weighted by Crippen LogP contribution is -2.51. The molecule has 5 fully saturated rings. The largest absolute Gasteiger partial charge is 0.310 e. The number of fused-ring (bicyclic) bond motifs is 12. The van der Waals surface area contributed by atoms with Crippen LogP contribution in [0.4, 0.5) is 17.1 Å². The van der Waals surface area contributed by atoms with Crippen LogP contribution in [0.15, 0.2) is 127 Å². The summed E-state index contributed by atoms with van der Waals surface area (Å²) in [7, 11) is 0. The normalized spacial score (nSPS) is 27.4. The predicted molar refractivity (Wildman–Crippen MR) is 236 cm³/mol. The predicted octanol–water partition coefficient (Wildman–Crippen LogP) is 15.1. The first-order chi connectivity index (χ1) is 27.6. The summed E-state index contributed by atoms with van der Waals surface area (Å²) >= 11 is 1.93. The fraction of sp³-hybridized carbons (Fsp3) is 0.333. The summed E-state index contributed by atoms with van der Waals surface area (Å²) in [5.74, 6) is 4.06. The summed E-state index contributed by atoms with van der Waals surface area (Å²) in [5, 5.41) is 2.72. The molecule has 5 saturated carbocycles. The van der Waals surface area contributed by atoms with Gasteiger partial charge in [0.2, 0.25) is 0 Å². The SMILES string of the molecule is C[C@H]1C2CCC3CC(C2)CC1C31c2ccccc2-c2cc(N(c3ccc4c(c3)C3(CCCCC3)c3ccccc3-4)c3cccc4sc5ccccc5c34)ccc21. The van der Waals surface area contributed by atoms with Gasteiger partial charge in [-0.25, -0.2) is 0 Å². The van der Waals surface area contributed by atoms with Gasteiger partial charge in [-0.05, 0) is 162 Å². The number of nitrogens with zero attached hydrogens (tertiary/aromatic N) is 1. The lowest BCUT2D eigenvalue weighted by Gasteiger charge is -2.55. The van der Waals surface area contributed by atoms with E-state index in [2.05, 4.69) is 139 Å². The first kappa shape index (κ1) is 32.4. The monoisotopic (exact) mass is 743 g/mol. The van der Waals surface area contributed by atoms with Crippen LogP contribution in [0.3, 0.4) is 0 Å². The van der Waals surface area contributed by atoms with Gasteiger partial charge in [-0.15, -0.1) is 11.3 Å². The third kappa shape index (κ3) is 4.12. The summed E-state index contributed by atoms with van der Waals surface area (Å²) in [5.41, 5.74) is 16.4. The molecule has 6 aromatic carbocycles. The van der Waals surface area contributed by atoms with E-state index in [9.17, 15) is 0 Å². The van der Waals surface area contributed by atoms with Crippen molar-refractivity contribution in [2.45, 2.75) is 82.0 Å². The maximum atomic E-state index is 2.65. The molecule has 0 N–H and O–H groups in total. The molecule has 2 spiro atoms. The number of hydrogen-bond acceptors (Lipinski definition) is 2. The molecule has 0 amide bonds. The van der Waals surface area contributed by atoms with Gasteiger partial charge in [-0.2, -0.15) is 0 Å². The van der Waals surface area contributed by atoms with E-state index in [4.69, 9.17) is 0 Å². The van der Waals surface area contributed by atoms with E-state index in [0.717, 1.165) is 29.6 Å². The van der Waals surface area contributed by atoms with E-state index in [1.54, 1.807) is 22.3 Å². The summed E-state index contributed by atoms with van der Waals surface area (Å²) in [6.07, 6.45) is 13.5. The van der Waals surface area contributed by atoms with Crippen molar-refractivity contribution in [1.29, 1.82) is 0 Å². The fourth-order valence-corrected chi connectivity index (χ4v) is 15.6. The molecule has 6 atom stereocenters. The third-order valence-corrected chi connectivity index (χ3v) is 17.7. The molecular weight excluding hydrogens is 695 g/mol. The van der Waals surface area contributed by atoms with Crippen molar-refractivity contribution in [3.8, 4) is 22.3 Å². The Morgan fingerprint density at radius 2 is 1.29 bits per heavy atom. The number of anilines is 3. The van der Waals surface area contributed by atoms with Crippen molar-refractivity contribution < 1.29 is 0 Å². The third-order valence-electron chi connectivity index (χ3n) is 16.5. The van der Waals surface area contributed by atoms with E-state index >= 15 is 0 Å². The highest BCUT2D eigenvalue weighted by molar-refractivity contribution is 7.26. The molecule has 1 aromatic heterocycles. The van der Waals surface area contributed by atoms with Gasteiger partial charge >= 0.3 is 0 Å². The minimum absolute atomic E-state index is 0.102. The van der Waals surface area contributed by atoms with Gasteiger partial charge < -0.3 is 4.90 Å². The first-order valence-corrected chi connectivity index (χ1v) is 22.6. The van der Waals surface area contributed by atoms with Gasteiger partial charge in [0.15, 0.2) is 0 Å². The highest BCUT2D eigenvalue weighted by Gasteiger charge is 2.61. The van der Waals surface area contributed by atoms with Crippen LogP contribution in [0.25, 0.3) is 42.4 Å². The topological polar surface area (TPSA) is 3.24 Å². The van der Waals surface area contributed by atoms with Gasteiger partial charge in [-0.3, -0.25) is 0 Å². The number of benzene rings is 6. The second kappa shape index (κ2) is 11.7. The maximum Gasteiger partial charge on any atom is 0.0554 e. The molecule has 7 aliphatic rings. The lowest BCUT2D eigenvalue weighted by atomic mass is 9.48. The van der Waals surface area contributed by atoms with Crippen LogP contribution >= 0.6 is 11.3 Å². The van der Waals surface area contributed by atoms with Crippen LogP contribution in [-0.4, -0.2) is 0 Å².